The van der Waals surface area contributed by atoms with Crippen LogP contribution in [-0.2, 0) is 9.59 Å². The molecule has 0 fully saturated rings. The van der Waals surface area contributed by atoms with Crippen LogP contribution in [0.2, 0.25) is 0 Å². The Bertz CT molecular complexity index is 1260. The number of thioether (sulfide) groups is 1. The van der Waals surface area contributed by atoms with Crippen LogP contribution in [-0.4, -0.2) is 32.5 Å². The molecule has 2 amide bonds. The van der Waals surface area contributed by atoms with Gasteiger partial charge in [-0.15, -0.1) is 0 Å². The minimum atomic E-state index is -0.161. The Morgan fingerprint density at radius 3 is 2.47 bits per heavy atom. The molecule has 0 aliphatic rings. The summed E-state index contributed by atoms with van der Waals surface area (Å²) in [5, 5.41) is 6.28. The maximum Gasteiger partial charge on any atom is 0.234 e. The molecular weight excluding hydrogens is 422 g/mol. The smallest absolute Gasteiger partial charge is 0.234 e. The average molecular weight is 446 g/mol. The summed E-state index contributed by atoms with van der Waals surface area (Å²) in [5.41, 5.74) is 6.51. The van der Waals surface area contributed by atoms with E-state index in [1.165, 1.54) is 29.8 Å². The summed E-state index contributed by atoms with van der Waals surface area (Å²) in [6.45, 7) is 5.60. The summed E-state index contributed by atoms with van der Waals surface area (Å²) in [7, 11) is 0. The van der Waals surface area contributed by atoms with E-state index in [4.69, 9.17) is 0 Å². The summed E-state index contributed by atoms with van der Waals surface area (Å²) in [6.07, 6.45) is 1.76. The van der Waals surface area contributed by atoms with Crippen molar-refractivity contribution in [3.8, 4) is 11.4 Å². The van der Waals surface area contributed by atoms with E-state index in [1.54, 1.807) is 30.5 Å². The number of carbonyl (C=O) groups excluding carboxylic acids is 2. The molecule has 0 radical (unpaired) electrons. The lowest BCUT2D eigenvalue weighted by molar-refractivity contribution is -0.114. The monoisotopic (exact) mass is 445 g/mol. The molecule has 0 bridgehead atoms. The molecule has 4 aromatic rings. The quantitative estimate of drug-likeness (QED) is 0.365. The molecule has 0 atom stereocenters. The normalized spacial score (nSPS) is 10.8. The number of amides is 2. The van der Waals surface area contributed by atoms with E-state index in [0.717, 1.165) is 27.4 Å². The molecule has 0 aliphatic carbocycles. The number of imidazole rings is 1. The van der Waals surface area contributed by atoms with Crippen molar-refractivity contribution in [3.05, 3.63) is 65.9 Å². The molecule has 0 saturated heterocycles. The van der Waals surface area contributed by atoms with E-state index in [0.29, 0.717) is 11.4 Å². The van der Waals surface area contributed by atoms with Gasteiger partial charge in [-0.05, 0) is 67.4 Å². The maximum absolute atomic E-state index is 12.3. The molecule has 7 nitrogen and oxygen atoms in total. The molecule has 4 rings (SSSR count). The number of nitrogens with zero attached hydrogens (tertiary/aromatic N) is 2. The van der Waals surface area contributed by atoms with E-state index in [-0.39, 0.29) is 17.6 Å². The number of hydrogen-bond donors (Lipinski definition) is 3. The lowest BCUT2D eigenvalue weighted by atomic mass is 10.1. The Labute approximate surface area is 190 Å². The Kier molecular flexibility index (Phi) is 6.23. The van der Waals surface area contributed by atoms with E-state index in [2.05, 4.69) is 51.6 Å². The molecule has 0 spiro atoms. The van der Waals surface area contributed by atoms with Crippen molar-refractivity contribution in [1.82, 2.24) is 15.0 Å². The zero-order chi connectivity index (χ0) is 22.7. The van der Waals surface area contributed by atoms with Crippen LogP contribution in [0.5, 0.6) is 0 Å². The van der Waals surface area contributed by atoms with Crippen molar-refractivity contribution in [1.29, 1.82) is 0 Å². The summed E-state index contributed by atoms with van der Waals surface area (Å²) in [5.74, 6) is 0.682. The van der Waals surface area contributed by atoms with Crippen LogP contribution in [0.15, 0.2) is 59.8 Å². The molecule has 0 unspecified atom stereocenters. The summed E-state index contributed by atoms with van der Waals surface area (Å²) in [6, 6.07) is 15.0. The Hall–Kier alpha value is -3.65. The van der Waals surface area contributed by atoms with Crippen LogP contribution in [0.25, 0.3) is 22.4 Å². The van der Waals surface area contributed by atoms with Gasteiger partial charge in [-0.2, -0.15) is 0 Å². The van der Waals surface area contributed by atoms with Crippen molar-refractivity contribution < 1.29 is 9.59 Å². The number of H-pyrrole nitrogens is 1. The first kappa shape index (κ1) is 21.6. The van der Waals surface area contributed by atoms with Crippen molar-refractivity contribution in [3.63, 3.8) is 0 Å². The number of rotatable bonds is 6. The number of carbonyl (C=O) groups is 2. The van der Waals surface area contributed by atoms with Crippen LogP contribution >= 0.6 is 11.8 Å². The lowest BCUT2D eigenvalue weighted by Crippen LogP contribution is -2.14. The zero-order valence-corrected chi connectivity index (χ0v) is 18.8. The van der Waals surface area contributed by atoms with E-state index >= 15 is 0 Å². The van der Waals surface area contributed by atoms with Gasteiger partial charge in [0, 0.05) is 30.1 Å². The van der Waals surface area contributed by atoms with Gasteiger partial charge in [0.1, 0.15) is 5.82 Å². The third kappa shape index (κ3) is 5.15. The molecule has 3 N–H and O–H groups in total. The van der Waals surface area contributed by atoms with Gasteiger partial charge in [-0.25, -0.2) is 9.97 Å². The predicted octanol–water partition coefficient (Wildman–Crippen LogP) is 4.93. The second kappa shape index (κ2) is 9.23. The van der Waals surface area contributed by atoms with E-state index in [9.17, 15) is 9.59 Å². The van der Waals surface area contributed by atoms with E-state index < -0.39 is 0 Å². The standard InChI is InChI=1S/C24H23N5O2S/c1-14-9-20-21(10-15(14)2)29-24(28-20)17-7-8-23(25-12-17)32-13-22(31)27-19-6-4-5-18(11-19)26-16(3)30/h4-12H,13H2,1-3H3,(H,26,30)(H,27,31)(H,28,29). The Morgan fingerprint density at radius 1 is 1.00 bits per heavy atom. The van der Waals surface area contributed by atoms with Crippen LogP contribution < -0.4 is 10.6 Å². The highest BCUT2D eigenvalue weighted by Gasteiger charge is 2.09. The van der Waals surface area contributed by atoms with Gasteiger partial charge in [0.25, 0.3) is 0 Å². The van der Waals surface area contributed by atoms with Crippen LogP contribution in [0, 0.1) is 13.8 Å². The van der Waals surface area contributed by atoms with Gasteiger partial charge < -0.3 is 15.6 Å². The number of aromatic nitrogens is 3. The zero-order valence-electron chi connectivity index (χ0n) is 18.0. The third-order valence-corrected chi connectivity index (χ3v) is 5.87. The number of hydrogen-bond acceptors (Lipinski definition) is 5. The first-order chi connectivity index (χ1) is 15.4. The Balaban J connectivity index is 1.37. The van der Waals surface area contributed by atoms with Crippen LogP contribution in [0.1, 0.15) is 18.1 Å². The van der Waals surface area contributed by atoms with Crippen LogP contribution in [0.4, 0.5) is 11.4 Å². The predicted molar refractivity (Wildman–Crippen MR) is 129 cm³/mol. The fraction of sp³-hybridized carbons (Fsp3) is 0.167. The molecule has 32 heavy (non-hydrogen) atoms. The van der Waals surface area contributed by atoms with Gasteiger partial charge in [-0.3, -0.25) is 9.59 Å². The molecule has 0 aliphatic heterocycles. The fourth-order valence-electron chi connectivity index (χ4n) is 3.23. The topological polar surface area (TPSA) is 99.8 Å². The summed E-state index contributed by atoms with van der Waals surface area (Å²) in [4.78, 5) is 36.0. The molecule has 8 heteroatoms. The van der Waals surface area contributed by atoms with Gasteiger partial charge in [0.15, 0.2) is 0 Å². The first-order valence-electron chi connectivity index (χ1n) is 10.1. The Morgan fingerprint density at radius 2 is 1.75 bits per heavy atom. The highest BCUT2D eigenvalue weighted by molar-refractivity contribution is 7.99. The largest absolute Gasteiger partial charge is 0.338 e. The number of aromatic amines is 1. The van der Waals surface area contributed by atoms with Gasteiger partial charge in [0.2, 0.25) is 11.8 Å². The average Bonchev–Trinajstić information content (AvgIpc) is 3.15. The summed E-state index contributed by atoms with van der Waals surface area (Å²) < 4.78 is 0. The first-order valence-corrected chi connectivity index (χ1v) is 11.1. The van der Waals surface area contributed by atoms with Gasteiger partial charge >= 0.3 is 0 Å². The second-order valence-corrected chi connectivity index (χ2v) is 8.52. The number of aryl methyl sites for hydroxylation is 2. The molecular formula is C24H23N5O2S. The molecule has 162 valence electrons. The number of nitrogens with one attached hydrogen (secondary N) is 3. The van der Waals surface area contributed by atoms with Crippen LogP contribution in [0.3, 0.4) is 0 Å². The van der Waals surface area contributed by atoms with Crippen molar-refractivity contribution in [2.24, 2.45) is 0 Å². The molecule has 2 aromatic carbocycles. The SMILES string of the molecule is CC(=O)Nc1cccc(NC(=O)CSc2ccc(-c3nc4cc(C)c(C)cc4[nH]3)cn2)c1. The van der Waals surface area contributed by atoms with Crippen molar-refractivity contribution >= 4 is 46.0 Å². The highest BCUT2D eigenvalue weighted by atomic mass is 32.2. The second-order valence-electron chi connectivity index (χ2n) is 7.52. The highest BCUT2D eigenvalue weighted by Crippen LogP contribution is 2.24. The van der Waals surface area contributed by atoms with E-state index in [1.807, 2.05) is 12.1 Å². The third-order valence-electron chi connectivity index (χ3n) is 4.92. The minimum Gasteiger partial charge on any atom is -0.338 e. The van der Waals surface area contributed by atoms with Gasteiger partial charge in [-0.1, -0.05) is 17.8 Å². The maximum atomic E-state index is 12.3. The number of pyridine rings is 1. The fourth-order valence-corrected chi connectivity index (χ4v) is 3.87. The molecule has 2 heterocycles. The number of benzene rings is 2. The molecule has 2 aromatic heterocycles. The summed E-state index contributed by atoms with van der Waals surface area (Å²) >= 11 is 1.35. The van der Waals surface area contributed by atoms with Crippen molar-refractivity contribution in [2.75, 3.05) is 16.4 Å². The number of fused-ring (bicyclic) bond motifs is 1. The van der Waals surface area contributed by atoms with Gasteiger partial charge in [0.05, 0.1) is 21.8 Å². The lowest BCUT2D eigenvalue weighted by Gasteiger charge is -2.08. The van der Waals surface area contributed by atoms with Crippen molar-refractivity contribution in [2.45, 2.75) is 25.8 Å². The minimum absolute atomic E-state index is 0.149. The number of anilines is 2. The molecule has 0 saturated carbocycles.